The van der Waals surface area contributed by atoms with Crippen LogP contribution in [0.15, 0.2) is 12.2 Å². The van der Waals surface area contributed by atoms with Crippen LogP contribution in [0.3, 0.4) is 0 Å². The summed E-state index contributed by atoms with van der Waals surface area (Å²) in [7, 11) is 0. The van der Waals surface area contributed by atoms with Crippen LogP contribution in [-0.2, 0) is 4.74 Å². The molecule has 0 radical (unpaired) electrons. The first kappa shape index (κ1) is 5.79. The van der Waals surface area contributed by atoms with Crippen LogP contribution in [0.4, 0.5) is 0 Å². The summed E-state index contributed by atoms with van der Waals surface area (Å²) in [6, 6.07) is 0. The third-order valence-electron chi connectivity index (χ3n) is 1.12. The third kappa shape index (κ3) is 1.32. The number of hydrogen-bond acceptors (Lipinski definition) is 2. The van der Waals surface area contributed by atoms with Gasteiger partial charge in [-0.05, 0) is 6.92 Å². The van der Waals surface area contributed by atoms with Crippen LogP contribution in [0, 0.1) is 0 Å². The van der Waals surface area contributed by atoms with Gasteiger partial charge in [0.15, 0.2) is 6.29 Å². The highest BCUT2D eigenvalue weighted by atomic mass is 16.6. The molecule has 2 nitrogen and oxygen atoms in total. The van der Waals surface area contributed by atoms with Crippen molar-refractivity contribution < 1.29 is 9.84 Å². The number of hydrogen-bond donors (Lipinski definition) is 1. The van der Waals surface area contributed by atoms with Crippen molar-refractivity contribution in [2.45, 2.75) is 25.7 Å². The van der Waals surface area contributed by atoms with E-state index in [0.717, 1.165) is 0 Å². The van der Waals surface area contributed by atoms with Gasteiger partial charge in [-0.25, -0.2) is 0 Å². The average molecular weight is 114 g/mol. The van der Waals surface area contributed by atoms with Crippen LogP contribution in [0.5, 0.6) is 0 Å². The summed E-state index contributed by atoms with van der Waals surface area (Å²) in [6.07, 6.45) is 4.00. The molecule has 0 saturated heterocycles. The molecule has 2 heteroatoms. The number of rotatable bonds is 0. The first-order valence-electron chi connectivity index (χ1n) is 2.79. The summed E-state index contributed by atoms with van der Waals surface area (Å²) >= 11 is 0. The summed E-state index contributed by atoms with van der Waals surface area (Å²) in [5.41, 5.74) is 0. The molecule has 0 saturated carbocycles. The zero-order valence-corrected chi connectivity index (χ0v) is 4.87. The van der Waals surface area contributed by atoms with Gasteiger partial charge in [-0.1, -0.05) is 12.2 Å². The van der Waals surface area contributed by atoms with E-state index in [2.05, 4.69) is 0 Å². The minimum Gasteiger partial charge on any atom is -0.368 e. The predicted octanol–water partition coefficient (Wildman–Crippen LogP) is 0.670. The maximum Gasteiger partial charge on any atom is 0.158 e. The predicted molar refractivity (Wildman–Crippen MR) is 30.3 cm³/mol. The summed E-state index contributed by atoms with van der Waals surface area (Å²) in [5.74, 6) is 0. The SMILES string of the molecule is C[C@@H]1C=CC[C@H](O)O1. The van der Waals surface area contributed by atoms with Crippen LogP contribution in [0.25, 0.3) is 0 Å². The highest BCUT2D eigenvalue weighted by Crippen LogP contribution is 2.07. The van der Waals surface area contributed by atoms with Crippen molar-refractivity contribution in [3.63, 3.8) is 0 Å². The Morgan fingerprint density at radius 2 is 2.50 bits per heavy atom. The molecule has 8 heavy (non-hydrogen) atoms. The smallest absolute Gasteiger partial charge is 0.158 e. The van der Waals surface area contributed by atoms with Crippen molar-refractivity contribution in [1.82, 2.24) is 0 Å². The first-order valence-corrected chi connectivity index (χ1v) is 2.79. The molecule has 2 atom stereocenters. The monoisotopic (exact) mass is 114 g/mol. The zero-order valence-electron chi connectivity index (χ0n) is 4.87. The summed E-state index contributed by atoms with van der Waals surface area (Å²) in [6.45, 7) is 1.90. The fraction of sp³-hybridized carbons (Fsp3) is 0.667. The lowest BCUT2D eigenvalue weighted by molar-refractivity contribution is -0.120. The van der Waals surface area contributed by atoms with Crippen LogP contribution >= 0.6 is 0 Å². The third-order valence-corrected chi connectivity index (χ3v) is 1.12. The Kier molecular flexibility index (Phi) is 1.65. The van der Waals surface area contributed by atoms with Crippen molar-refractivity contribution in [3.8, 4) is 0 Å². The summed E-state index contributed by atoms with van der Waals surface area (Å²) in [4.78, 5) is 0. The molecule has 0 aromatic rings. The lowest BCUT2D eigenvalue weighted by atomic mass is 10.2. The molecule has 0 unspecified atom stereocenters. The minimum atomic E-state index is -0.574. The van der Waals surface area contributed by atoms with E-state index in [-0.39, 0.29) is 6.10 Å². The van der Waals surface area contributed by atoms with Crippen molar-refractivity contribution >= 4 is 0 Å². The summed E-state index contributed by atoms with van der Waals surface area (Å²) < 4.78 is 4.95. The molecule has 46 valence electrons. The minimum absolute atomic E-state index is 0.0822. The van der Waals surface area contributed by atoms with E-state index >= 15 is 0 Å². The lowest BCUT2D eigenvalue weighted by Gasteiger charge is -2.17. The fourth-order valence-electron chi connectivity index (χ4n) is 0.735. The van der Waals surface area contributed by atoms with Gasteiger partial charge in [0.2, 0.25) is 0 Å². The zero-order chi connectivity index (χ0) is 5.98. The Bertz CT molecular complexity index is 98.7. The molecule has 0 amide bonds. The molecule has 0 bridgehead atoms. The van der Waals surface area contributed by atoms with Crippen molar-refractivity contribution in [3.05, 3.63) is 12.2 Å². The van der Waals surface area contributed by atoms with Gasteiger partial charge < -0.3 is 9.84 Å². The van der Waals surface area contributed by atoms with Gasteiger partial charge in [0.25, 0.3) is 0 Å². The number of aliphatic hydroxyl groups is 1. The van der Waals surface area contributed by atoms with E-state index in [9.17, 15) is 0 Å². The molecular weight excluding hydrogens is 104 g/mol. The van der Waals surface area contributed by atoms with E-state index in [1.807, 2.05) is 19.1 Å². The Morgan fingerprint density at radius 3 is 2.88 bits per heavy atom. The first-order chi connectivity index (χ1) is 3.79. The van der Waals surface area contributed by atoms with Crippen molar-refractivity contribution in [1.29, 1.82) is 0 Å². The quantitative estimate of drug-likeness (QED) is 0.469. The van der Waals surface area contributed by atoms with Crippen LogP contribution in [-0.4, -0.2) is 17.5 Å². The second-order valence-corrected chi connectivity index (χ2v) is 1.96. The molecule has 1 aliphatic rings. The largest absolute Gasteiger partial charge is 0.368 e. The van der Waals surface area contributed by atoms with E-state index in [4.69, 9.17) is 9.84 Å². The second-order valence-electron chi connectivity index (χ2n) is 1.96. The van der Waals surface area contributed by atoms with Gasteiger partial charge in [0.1, 0.15) is 0 Å². The second kappa shape index (κ2) is 2.29. The van der Waals surface area contributed by atoms with Gasteiger partial charge in [-0.15, -0.1) is 0 Å². The van der Waals surface area contributed by atoms with Gasteiger partial charge in [-0.2, -0.15) is 0 Å². The molecule has 1 rings (SSSR count). The van der Waals surface area contributed by atoms with Crippen molar-refractivity contribution in [2.75, 3.05) is 0 Å². The standard InChI is InChI=1S/C6H10O2/c1-5-3-2-4-6(7)8-5/h2-3,5-7H,4H2,1H3/t5-,6-/m1/s1. The normalized spacial score (nSPS) is 37.8. The maximum atomic E-state index is 8.81. The Labute approximate surface area is 48.8 Å². The molecule has 0 spiro atoms. The van der Waals surface area contributed by atoms with Gasteiger partial charge >= 0.3 is 0 Å². The number of ether oxygens (including phenoxy) is 1. The van der Waals surface area contributed by atoms with E-state index in [1.165, 1.54) is 0 Å². The molecule has 0 fully saturated rings. The average Bonchev–Trinajstić information content (AvgIpc) is 1.64. The number of aliphatic hydroxyl groups excluding tert-OH is 1. The molecular formula is C6H10O2. The van der Waals surface area contributed by atoms with Gasteiger partial charge in [0.05, 0.1) is 6.10 Å². The fourth-order valence-corrected chi connectivity index (χ4v) is 0.735. The van der Waals surface area contributed by atoms with Gasteiger partial charge in [0, 0.05) is 6.42 Å². The van der Waals surface area contributed by atoms with Crippen LogP contribution < -0.4 is 0 Å². The Morgan fingerprint density at radius 1 is 1.75 bits per heavy atom. The Balaban J connectivity index is 2.42. The molecule has 0 aliphatic carbocycles. The van der Waals surface area contributed by atoms with Crippen LogP contribution in [0.2, 0.25) is 0 Å². The van der Waals surface area contributed by atoms with E-state index < -0.39 is 6.29 Å². The van der Waals surface area contributed by atoms with Crippen LogP contribution in [0.1, 0.15) is 13.3 Å². The highest BCUT2D eigenvalue weighted by molar-refractivity contribution is 4.91. The highest BCUT2D eigenvalue weighted by Gasteiger charge is 2.09. The van der Waals surface area contributed by atoms with Crippen molar-refractivity contribution in [2.24, 2.45) is 0 Å². The summed E-state index contributed by atoms with van der Waals surface area (Å²) in [5, 5.41) is 8.81. The molecule has 0 aromatic heterocycles. The molecule has 1 aliphatic heterocycles. The molecule has 1 N–H and O–H groups in total. The topological polar surface area (TPSA) is 29.5 Å². The maximum absolute atomic E-state index is 8.81. The Hall–Kier alpha value is -0.340. The van der Waals surface area contributed by atoms with E-state index in [1.54, 1.807) is 0 Å². The molecule has 0 aromatic carbocycles. The lowest BCUT2D eigenvalue weighted by Crippen LogP contribution is -2.20. The van der Waals surface area contributed by atoms with E-state index in [0.29, 0.717) is 6.42 Å². The van der Waals surface area contributed by atoms with Gasteiger partial charge in [-0.3, -0.25) is 0 Å². The molecule has 1 heterocycles.